The molecule has 5 nitrogen and oxygen atoms in total. The van der Waals surface area contributed by atoms with E-state index in [1.165, 1.54) is 0 Å². The summed E-state index contributed by atoms with van der Waals surface area (Å²) in [6.45, 7) is 17.9. The SMILES string of the molecule is CC(C)C[C@H](CC(=O)[C@]1(O[Si](C)(C)C)C[C@H]2CC[C@]1(C)C2(C)C)NC(=O)OCc1ccccc1. The molecule has 2 saturated carbocycles. The predicted octanol–water partition coefficient (Wildman–Crippen LogP) is 6.72. The van der Waals surface area contributed by atoms with E-state index in [1.807, 2.05) is 30.3 Å². The molecule has 6 heteroatoms. The Morgan fingerprint density at radius 2 is 1.76 bits per heavy atom. The second kappa shape index (κ2) is 9.77. The van der Waals surface area contributed by atoms with Crippen LogP contribution in [0.15, 0.2) is 30.3 Å². The third-order valence-corrected chi connectivity index (χ3v) is 9.47. The number of hydrogen-bond donors (Lipinski definition) is 1. The second-order valence-corrected chi connectivity index (χ2v) is 17.1. The summed E-state index contributed by atoms with van der Waals surface area (Å²) in [4.78, 5) is 26.8. The van der Waals surface area contributed by atoms with Gasteiger partial charge in [0, 0.05) is 17.9 Å². The number of Topliss-reactive ketones (excluding diaryl/α,β-unsaturated/α-hetero) is 1. The molecule has 2 fully saturated rings. The van der Waals surface area contributed by atoms with Gasteiger partial charge >= 0.3 is 6.09 Å². The Morgan fingerprint density at radius 1 is 1.12 bits per heavy atom. The number of ether oxygens (including phenoxy) is 1. The minimum absolute atomic E-state index is 0.0535. The normalized spacial score (nSPS) is 28.7. The molecule has 2 aliphatic carbocycles. The Labute approximate surface area is 207 Å². The van der Waals surface area contributed by atoms with Crippen LogP contribution in [0.5, 0.6) is 0 Å². The molecule has 0 aromatic heterocycles. The Bertz CT molecular complexity index is 878. The number of amides is 1. The van der Waals surface area contributed by atoms with Crippen LogP contribution >= 0.6 is 0 Å². The van der Waals surface area contributed by atoms with Gasteiger partial charge < -0.3 is 14.5 Å². The highest BCUT2D eigenvalue weighted by molar-refractivity contribution is 6.70. The second-order valence-electron chi connectivity index (χ2n) is 12.7. The highest BCUT2D eigenvalue weighted by Crippen LogP contribution is 2.71. The van der Waals surface area contributed by atoms with Crippen molar-refractivity contribution in [2.24, 2.45) is 22.7 Å². The summed E-state index contributed by atoms with van der Waals surface area (Å²) in [6.07, 6.45) is 3.50. The van der Waals surface area contributed by atoms with E-state index >= 15 is 0 Å². The maximum Gasteiger partial charge on any atom is 0.407 e. The summed E-state index contributed by atoms with van der Waals surface area (Å²) in [5.41, 5.74) is 0.0268. The lowest BCUT2D eigenvalue weighted by Crippen LogP contribution is -2.59. The lowest BCUT2D eigenvalue weighted by atomic mass is 9.62. The van der Waals surface area contributed by atoms with Gasteiger partial charge in [-0.05, 0) is 68.1 Å². The number of alkyl carbamates (subject to hydrolysis) is 1. The van der Waals surface area contributed by atoms with E-state index in [4.69, 9.17) is 9.16 Å². The zero-order chi connectivity index (χ0) is 25.4. The van der Waals surface area contributed by atoms with Crippen molar-refractivity contribution in [2.75, 3.05) is 0 Å². The minimum Gasteiger partial charge on any atom is -0.445 e. The summed E-state index contributed by atoms with van der Waals surface area (Å²) in [5.74, 6) is 0.986. The number of fused-ring (bicyclic) bond motifs is 2. The van der Waals surface area contributed by atoms with Gasteiger partial charge in [-0.1, -0.05) is 65.0 Å². The summed E-state index contributed by atoms with van der Waals surface area (Å²) < 4.78 is 12.4. The molecule has 0 saturated heterocycles. The molecule has 190 valence electrons. The van der Waals surface area contributed by atoms with Crippen LogP contribution in [0.25, 0.3) is 0 Å². The van der Waals surface area contributed by atoms with Crippen molar-refractivity contribution < 1.29 is 18.8 Å². The molecule has 1 aromatic carbocycles. The van der Waals surface area contributed by atoms with E-state index in [9.17, 15) is 9.59 Å². The van der Waals surface area contributed by atoms with Gasteiger partial charge in [0.1, 0.15) is 12.2 Å². The van der Waals surface area contributed by atoms with Crippen LogP contribution in [0.1, 0.15) is 72.3 Å². The summed E-state index contributed by atoms with van der Waals surface area (Å²) >= 11 is 0. The van der Waals surface area contributed by atoms with Gasteiger partial charge in [-0.15, -0.1) is 0 Å². The Kier molecular flexibility index (Phi) is 7.74. The van der Waals surface area contributed by atoms with Crippen molar-refractivity contribution in [2.45, 2.75) is 105 Å². The number of benzene rings is 1. The maximum absolute atomic E-state index is 14.2. The summed E-state index contributed by atoms with van der Waals surface area (Å²) in [7, 11) is -2.00. The number of nitrogens with one attached hydrogen (secondary N) is 1. The first-order chi connectivity index (χ1) is 15.7. The van der Waals surface area contributed by atoms with Gasteiger partial charge in [-0.25, -0.2) is 4.79 Å². The van der Waals surface area contributed by atoms with E-state index in [0.717, 1.165) is 31.2 Å². The Balaban J connectivity index is 1.78. The number of carbonyl (C=O) groups is 2. The van der Waals surface area contributed by atoms with Crippen LogP contribution in [0, 0.1) is 22.7 Å². The van der Waals surface area contributed by atoms with Crippen molar-refractivity contribution >= 4 is 20.2 Å². The number of rotatable bonds is 10. The molecule has 0 heterocycles. The maximum atomic E-state index is 14.2. The molecule has 4 atom stereocenters. The van der Waals surface area contributed by atoms with Gasteiger partial charge in [-0.3, -0.25) is 4.79 Å². The first-order valence-electron chi connectivity index (χ1n) is 12.9. The van der Waals surface area contributed by atoms with Crippen molar-refractivity contribution in [3.8, 4) is 0 Å². The first-order valence-corrected chi connectivity index (χ1v) is 16.3. The van der Waals surface area contributed by atoms with E-state index in [0.29, 0.717) is 11.8 Å². The van der Waals surface area contributed by atoms with Crippen LogP contribution in [-0.2, 0) is 20.6 Å². The van der Waals surface area contributed by atoms with E-state index in [-0.39, 0.29) is 35.7 Å². The summed E-state index contributed by atoms with van der Waals surface area (Å²) in [6, 6.07) is 9.36. The van der Waals surface area contributed by atoms with Crippen molar-refractivity contribution in [3.05, 3.63) is 35.9 Å². The fourth-order valence-electron chi connectivity index (χ4n) is 6.49. The monoisotopic (exact) mass is 487 g/mol. The molecular formula is C28H45NO4Si. The largest absolute Gasteiger partial charge is 0.445 e. The zero-order valence-corrected chi connectivity index (χ0v) is 23.5. The molecular weight excluding hydrogens is 442 g/mol. The molecule has 0 spiro atoms. The number of carbonyl (C=O) groups excluding carboxylic acids is 2. The van der Waals surface area contributed by atoms with Crippen molar-refractivity contribution in [1.82, 2.24) is 5.32 Å². The van der Waals surface area contributed by atoms with Crippen LogP contribution < -0.4 is 5.32 Å². The first kappa shape index (κ1) is 26.9. The van der Waals surface area contributed by atoms with Gasteiger partial charge in [-0.2, -0.15) is 0 Å². The average molecular weight is 488 g/mol. The molecule has 1 amide bonds. The van der Waals surface area contributed by atoms with Crippen LogP contribution in [0.4, 0.5) is 4.79 Å². The van der Waals surface area contributed by atoms with E-state index < -0.39 is 20.0 Å². The van der Waals surface area contributed by atoms with Gasteiger partial charge in [0.05, 0.1) is 0 Å². The molecule has 1 aromatic rings. The summed E-state index contributed by atoms with van der Waals surface area (Å²) in [5, 5.41) is 3.00. The highest BCUT2D eigenvalue weighted by atomic mass is 28.4. The topological polar surface area (TPSA) is 64.6 Å². The van der Waals surface area contributed by atoms with Gasteiger partial charge in [0.2, 0.25) is 0 Å². The zero-order valence-electron chi connectivity index (χ0n) is 22.5. The Hall–Kier alpha value is -1.66. The molecule has 0 radical (unpaired) electrons. The standard InChI is InChI=1S/C28H45NO4Si/c1-20(2)16-23(29-25(31)32-19-21-12-10-9-11-13-21)17-24(30)28(33-34(6,7)8)18-22-14-15-27(28,5)26(22,3)4/h9-13,20,22-23H,14-19H2,1-8H3,(H,29,31)/t22-,23-,27-,28-/m1/s1. The number of hydrogen-bond acceptors (Lipinski definition) is 4. The van der Waals surface area contributed by atoms with Gasteiger partial charge in [0.15, 0.2) is 14.1 Å². The third kappa shape index (κ3) is 5.28. The fourth-order valence-corrected chi connectivity index (χ4v) is 7.95. The van der Waals surface area contributed by atoms with Crippen LogP contribution in [0.2, 0.25) is 19.6 Å². The van der Waals surface area contributed by atoms with E-state index in [1.54, 1.807) is 0 Å². The van der Waals surface area contributed by atoms with Crippen molar-refractivity contribution in [1.29, 1.82) is 0 Å². The predicted molar refractivity (Wildman–Crippen MR) is 139 cm³/mol. The molecule has 1 N–H and O–H groups in total. The molecule has 2 aliphatic rings. The van der Waals surface area contributed by atoms with Crippen LogP contribution in [-0.4, -0.2) is 31.8 Å². The molecule has 3 rings (SSSR count). The quantitative estimate of drug-likeness (QED) is 0.372. The third-order valence-electron chi connectivity index (χ3n) is 8.51. The van der Waals surface area contributed by atoms with E-state index in [2.05, 4.69) is 59.6 Å². The molecule has 34 heavy (non-hydrogen) atoms. The molecule has 0 aliphatic heterocycles. The minimum atomic E-state index is -2.00. The fraction of sp³-hybridized carbons (Fsp3) is 0.714. The Morgan fingerprint density at radius 3 is 2.26 bits per heavy atom. The van der Waals surface area contributed by atoms with Gasteiger partial charge in [0.25, 0.3) is 0 Å². The average Bonchev–Trinajstić information content (AvgIpc) is 3.04. The van der Waals surface area contributed by atoms with Crippen molar-refractivity contribution in [3.63, 3.8) is 0 Å². The molecule has 0 unspecified atom stereocenters. The number of ketones is 1. The lowest BCUT2D eigenvalue weighted by Gasteiger charge is -2.50. The lowest BCUT2D eigenvalue weighted by molar-refractivity contribution is -0.152. The smallest absolute Gasteiger partial charge is 0.407 e. The highest BCUT2D eigenvalue weighted by Gasteiger charge is 2.72. The van der Waals surface area contributed by atoms with Crippen LogP contribution in [0.3, 0.4) is 0 Å². The molecule has 2 bridgehead atoms.